The van der Waals surface area contributed by atoms with Gasteiger partial charge in [-0.05, 0) is 40.6 Å². The zero-order valence-corrected chi connectivity index (χ0v) is 16.5. The number of H-pyrrole nitrogens is 1. The van der Waals surface area contributed by atoms with E-state index in [9.17, 15) is 4.79 Å². The van der Waals surface area contributed by atoms with E-state index in [0.29, 0.717) is 19.7 Å². The third-order valence-corrected chi connectivity index (χ3v) is 6.23. The Labute approximate surface area is 173 Å². The average molecular weight is 398 g/mol. The second-order valence-corrected chi connectivity index (χ2v) is 8.06. The van der Waals surface area contributed by atoms with Crippen LogP contribution < -0.4 is 5.32 Å². The molecule has 30 heavy (non-hydrogen) atoms. The van der Waals surface area contributed by atoms with E-state index < -0.39 is 0 Å². The van der Waals surface area contributed by atoms with Crippen LogP contribution in [0.25, 0.3) is 32.9 Å². The number of carbonyl (C=O) groups is 1. The molecule has 4 heterocycles. The molecule has 2 aromatic heterocycles. The molecule has 2 aromatic carbocycles. The number of nitrogens with one attached hydrogen (secondary N) is 2. The monoisotopic (exact) mass is 398 g/mol. The number of hydrogen-bond donors (Lipinski definition) is 2. The van der Waals surface area contributed by atoms with E-state index in [1.807, 2.05) is 41.6 Å². The highest BCUT2D eigenvalue weighted by Crippen LogP contribution is 2.31. The third kappa shape index (κ3) is 2.88. The first-order valence-electron chi connectivity index (χ1n) is 10.4. The van der Waals surface area contributed by atoms with Crippen molar-refractivity contribution >= 4 is 27.7 Å². The molecule has 2 atom stereocenters. The number of pyridine rings is 1. The molecule has 0 saturated carbocycles. The van der Waals surface area contributed by atoms with Gasteiger partial charge in [-0.3, -0.25) is 4.79 Å². The van der Waals surface area contributed by atoms with E-state index in [1.165, 1.54) is 0 Å². The Hall–Kier alpha value is -3.22. The summed E-state index contributed by atoms with van der Waals surface area (Å²) in [6, 6.07) is 16.6. The molecule has 4 aromatic rings. The number of likely N-dealkylation sites (tertiary alicyclic amines) is 1. The number of hydrogen-bond acceptors (Lipinski definition) is 4. The fraction of sp³-hybridized carbons (Fsp3) is 0.250. The van der Waals surface area contributed by atoms with Crippen LogP contribution in [0.5, 0.6) is 0 Å². The lowest BCUT2D eigenvalue weighted by Crippen LogP contribution is -2.47. The molecule has 2 aliphatic rings. The van der Waals surface area contributed by atoms with E-state index in [2.05, 4.69) is 39.6 Å². The summed E-state index contributed by atoms with van der Waals surface area (Å²) in [6.07, 6.45) is 3.90. The lowest BCUT2D eigenvalue weighted by atomic mass is 9.97. The van der Waals surface area contributed by atoms with Gasteiger partial charge in [0, 0.05) is 48.5 Å². The molecule has 1 amide bonds. The summed E-state index contributed by atoms with van der Waals surface area (Å²) in [5, 5.41) is 6.71. The van der Waals surface area contributed by atoms with Crippen LogP contribution in [0.2, 0.25) is 0 Å². The minimum Gasteiger partial charge on any atom is -0.373 e. The van der Waals surface area contributed by atoms with Crippen molar-refractivity contribution in [1.29, 1.82) is 0 Å². The first-order valence-corrected chi connectivity index (χ1v) is 10.4. The van der Waals surface area contributed by atoms with E-state index >= 15 is 0 Å². The molecule has 0 bridgehead atoms. The van der Waals surface area contributed by atoms with Crippen molar-refractivity contribution in [1.82, 2.24) is 20.2 Å². The summed E-state index contributed by atoms with van der Waals surface area (Å²) in [7, 11) is 0. The fourth-order valence-electron chi connectivity index (χ4n) is 4.70. The number of nitrogens with zero attached hydrogens (tertiary/aromatic N) is 2. The Morgan fingerprint density at radius 3 is 3.00 bits per heavy atom. The number of carbonyl (C=O) groups excluding carboxylic acids is 1. The van der Waals surface area contributed by atoms with Crippen LogP contribution in [0.1, 0.15) is 10.4 Å². The van der Waals surface area contributed by atoms with Crippen molar-refractivity contribution in [2.45, 2.75) is 12.1 Å². The molecule has 2 fully saturated rings. The number of aromatic nitrogens is 2. The van der Waals surface area contributed by atoms with Gasteiger partial charge >= 0.3 is 0 Å². The Morgan fingerprint density at radius 2 is 2.07 bits per heavy atom. The number of benzene rings is 2. The molecule has 2 saturated heterocycles. The van der Waals surface area contributed by atoms with Gasteiger partial charge in [0.2, 0.25) is 0 Å². The molecule has 0 radical (unpaired) electrons. The Bertz CT molecular complexity index is 1250. The molecule has 0 aliphatic carbocycles. The number of morpholine rings is 1. The molecular formula is C24H22N4O2. The number of fused-ring (bicyclic) bond motifs is 3. The molecule has 150 valence electrons. The van der Waals surface area contributed by atoms with Gasteiger partial charge in [-0.1, -0.05) is 24.3 Å². The van der Waals surface area contributed by atoms with Gasteiger partial charge in [0.25, 0.3) is 5.91 Å². The first kappa shape index (κ1) is 17.6. The molecule has 2 N–H and O–H groups in total. The van der Waals surface area contributed by atoms with Gasteiger partial charge < -0.3 is 19.9 Å². The highest BCUT2D eigenvalue weighted by atomic mass is 16.5. The minimum atomic E-state index is 0.0671. The maximum Gasteiger partial charge on any atom is 0.254 e. The van der Waals surface area contributed by atoms with E-state index in [-0.39, 0.29) is 18.1 Å². The molecule has 0 spiro atoms. The zero-order valence-electron chi connectivity index (χ0n) is 16.5. The predicted octanol–water partition coefficient (Wildman–Crippen LogP) is 3.20. The maximum atomic E-state index is 13.1. The number of amides is 1. The average Bonchev–Trinajstić information content (AvgIpc) is 3.44. The van der Waals surface area contributed by atoms with Crippen LogP contribution >= 0.6 is 0 Å². The molecule has 6 nitrogen and oxygen atoms in total. The molecular weight excluding hydrogens is 376 g/mol. The highest BCUT2D eigenvalue weighted by molar-refractivity contribution is 6.03. The predicted molar refractivity (Wildman–Crippen MR) is 116 cm³/mol. The molecule has 0 unspecified atom stereocenters. The van der Waals surface area contributed by atoms with Gasteiger partial charge in [0.15, 0.2) is 0 Å². The fourth-order valence-corrected chi connectivity index (χ4v) is 4.70. The van der Waals surface area contributed by atoms with Crippen LogP contribution in [-0.4, -0.2) is 59.2 Å². The standard InChI is InChI=1S/C24H22N4O2/c29-24(28-13-21-22(14-28)30-9-8-25-21)17-4-5-20-15(10-17)2-1-3-19(20)18-11-16-6-7-26-23(16)27-12-18/h1-7,10-12,21-22,25H,8-9,13-14H2,(H,26,27)/t21-,22+/m0/s1. The first-order chi connectivity index (χ1) is 14.8. The van der Waals surface area contributed by atoms with Crippen molar-refractivity contribution in [3.8, 4) is 11.1 Å². The summed E-state index contributed by atoms with van der Waals surface area (Å²) < 4.78 is 5.81. The molecule has 2 aliphatic heterocycles. The van der Waals surface area contributed by atoms with Crippen LogP contribution in [0.15, 0.2) is 60.9 Å². The van der Waals surface area contributed by atoms with Gasteiger partial charge in [-0.25, -0.2) is 4.98 Å². The van der Waals surface area contributed by atoms with Crippen molar-refractivity contribution in [2.75, 3.05) is 26.2 Å². The number of aromatic amines is 1. The van der Waals surface area contributed by atoms with E-state index in [4.69, 9.17) is 4.74 Å². The third-order valence-electron chi connectivity index (χ3n) is 6.23. The van der Waals surface area contributed by atoms with Crippen molar-refractivity contribution < 1.29 is 9.53 Å². The molecule has 6 heteroatoms. The summed E-state index contributed by atoms with van der Waals surface area (Å²) in [5.41, 5.74) is 3.79. The summed E-state index contributed by atoms with van der Waals surface area (Å²) >= 11 is 0. The lowest BCUT2D eigenvalue weighted by Gasteiger charge is -2.25. The molecule has 6 rings (SSSR count). The second-order valence-electron chi connectivity index (χ2n) is 8.06. The van der Waals surface area contributed by atoms with Crippen molar-refractivity contribution in [3.63, 3.8) is 0 Å². The highest BCUT2D eigenvalue weighted by Gasteiger charge is 2.37. The Kier molecular flexibility index (Phi) is 4.07. The minimum absolute atomic E-state index is 0.0671. The van der Waals surface area contributed by atoms with Crippen LogP contribution in [-0.2, 0) is 4.74 Å². The quantitative estimate of drug-likeness (QED) is 0.544. The van der Waals surface area contributed by atoms with Crippen LogP contribution in [0.4, 0.5) is 0 Å². The van der Waals surface area contributed by atoms with Gasteiger partial charge in [-0.15, -0.1) is 0 Å². The summed E-state index contributed by atoms with van der Waals surface area (Å²) in [4.78, 5) is 22.7. The van der Waals surface area contributed by atoms with Crippen molar-refractivity contribution in [3.05, 3.63) is 66.5 Å². The van der Waals surface area contributed by atoms with Gasteiger partial charge in [0.05, 0.1) is 18.8 Å². The topological polar surface area (TPSA) is 70.2 Å². The largest absolute Gasteiger partial charge is 0.373 e. The second kappa shape index (κ2) is 6.93. The normalized spacial score (nSPS) is 21.3. The summed E-state index contributed by atoms with van der Waals surface area (Å²) in [5.74, 6) is 0.0671. The summed E-state index contributed by atoms with van der Waals surface area (Å²) in [6.45, 7) is 2.91. The van der Waals surface area contributed by atoms with Crippen LogP contribution in [0.3, 0.4) is 0 Å². The van der Waals surface area contributed by atoms with E-state index in [1.54, 1.807) is 0 Å². The maximum absolute atomic E-state index is 13.1. The lowest BCUT2D eigenvalue weighted by molar-refractivity contribution is 0.0176. The Balaban J connectivity index is 1.34. The van der Waals surface area contributed by atoms with Gasteiger partial charge in [0.1, 0.15) is 5.65 Å². The van der Waals surface area contributed by atoms with E-state index in [0.717, 1.165) is 45.0 Å². The number of rotatable bonds is 2. The van der Waals surface area contributed by atoms with Gasteiger partial charge in [-0.2, -0.15) is 0 Å². The van der Waals surface area contributed by atoms with Crippen LogP contribution in [0, 0.1) is 0 Å². The number of ether oxygens (including phenoxy) is 1. The Morgan fingerprint density at radius 1 is 1.10 bits per heavy atom. The zero-order chi connectivity index (χ0) is 20.1. The smallest absolute Gasteiger partial charge is 0.254 e. The van der Waals surface area contributed by atoms with Crippen molar-refractivity contribution in [2.24, 2.45) is 0 Å². The SMILES string of the molecule is O=C(c1ccc2c(-c3cnc4[nH]ccc4c3)cccc2c1)N1C[C@@H]2NCCO[C@@H]2C1.